The number of rotatable bonds is 5. The fourth-order valence-electron chi connectivity index (χ4n) is 2.25. The highest BCUT2D eigenvalue weighted by atomic mass is 16.6. The van der Waals surface area contributed by atoms with E-state index < -0.39 is 23.9 Å². The lowest BCUT2D eigenvalue weighted by atomic mass is 10.0. The lowest BCUT2D eigenvalue weighted by Gasteiger charge is -2.19. The third-order valence-electron chi connectivity index (χ3n) is 3.44. The molecule has 6 heteroatoms. The average molecular weight is 282 g/mol. The summed E-state index contributed by atoms with van der Waals surface area (Å²) in [6.45, 7) is 7.91. The van der Waals surface area contributed by atoms with Crippen molar-refractivity contribution in [1.29, 1.82) is 0 Å². The van der Waals surface area contributed by atoms with E-state index in [0.29, 0.717) is 13.0 Å². The van der Waals surface area contributed by atoms with Crippen molar-refractivity contribution in [3.63, 3.8) is 0 Å². The summed E-state index contributed by atoms with van der Waals surface area (Å²) >= 11 is 0. The SMILES string of the molecule is C=CC(=O)N1CC[C@H](C(=O)OC(=O)[C@@H](NC)C(C)C)C1. The van der Waals surface area contributed by atoms with Crippen molar-refractivity contribution in [3.05, 3.63) is 12.7 Å². The van der Waals surface area contributed by atoms with E-state index in [9.17, 15) is 14.4 Å². The number of carbonyl (C=O) groups excluding carboxylic acids is 3. The topological polar surface area (TPSA) is 75.7 Å². The summed E-state index contributed by atoms with van der Waals surface area (Å²) < 4.78 is 4.91. The maximum atomic E-state index is 11.9. The molecule has 0 unspecified atom stereocenters. The number of ether oxygens (including phenoxy) is 1. The van der Waals surface area contributed by atoms with E-state index in [0.717, 1.165) is 0 Å². The summed E-state index contributed by atoms with van der Waals surface area (Å²) in [6, 6.07) is -0.508. The van der Waals surface area contributed by atoms with Crippen LogP contribution in [0.4, 0.5) is 0 Å². The Kier molecular flexibility index (Phi) is 5.88. The minimum absolute atomic E-state index is 0.0303. The normalized spacial score (nSPS) is 19.8. The minimum atomic E-state index is -0.569. The largest absolute Gasteiger partial charge is 0.392 e. The predicted octanol–water partition coefficient (Wildman–Crippen LogP) is 0.335. The first kappa shape index (κ1) is 16.4. The number of hydrogen-bond donors (Lipinski definition) is 1. The molecule has 1 aliphatic heterocycles. The van der Waals surface area contributed by atoms with Crippen LogP contribution in [0.3, 0.4) is 0 Å². The van der Waals surface area contributed by atoms with Gasteiger partial charge >= 0.3 is 11.9 Å². The second-order valence-electron chi connectivity index (χ2n) is 5.22. The molecular weight excluding hydrogens is 260 g/mol. The zero-order valence-corrected chi connectivity index (χ0v) is 12.2. The van der Waals surface area contributed by atoms with Crippen molar-refractivity contribution in [1.82, 2.24) is 10.2 Å². The summed E-state index contributed by atoms with van der Waals surface area (Å²) in [7, 11) is 1.65. The van der Waals surface area contributed by atoms with E-state index >= 15 is 0 Å². The van der Waals surface area contributed by atoms with Crippen molar-refractivity contribution < 1.29 is 19.1 Å². The summed E-state index contributed by atoms with van der Waals surface area (Å²) in [5.74, 6) is -1.74. The van der Waals surface area contributed by atoms with Crippen molar-refractivity contribution >= 4 is 17.8 Å². The molecule has 0 saturated carbocycles. The molecule has 1 N–H and O–H groups in total. The van der Waals surface area contributed by atoms with Crippen molar-refractivity contribution in [2.45, 2.75) is 26.3 Å². The minimum Gasteiger partial charge on any atom is -0.392 e. The van der Waals surface area contributed by atoms with Gasteiger partial charge in [0.25, 0.3) is 0 Å². The molecule has 1 saturated heterocycles. The summed E-state index contributed by atoms with van der Waals surface area (Å²) in [5, 5.41) is 2.83. The first-order chi connectivity index (χ1) is 9.40. The smallest absolute Gasteiger partial charge is 0.331 e. The van der Waals surface area contributed by atoms with E-state index in [1.165, 1.54) is 11.0 Å². The lowest BCUT2D eigenvalue weighted by molar-refractivity contribution is -0.164. The van der Waals surface area contributed by atoms with Crippen molar-refractivity contribution in [3.8, 4) is 0 Å². The molecule has 0 aromatic carbocycles. The van der Waals surface area contributed by atoms with Crippen LogP contribution in [0, 0.1) is 11.8 Å². The monoisotopic (exact) mass is 282 g/mol. The van der Waals surface area contributed by atoms with Crippen LogP contribution in [0.1, 0.15) is 20.3 Å². The molecule has 1 heterocycles. The molecule has 20 heavy (non-hydrogen) atoms. The molecule has 1 fully saturated rings. The van der Waals surface area contributed by atoms with E-state index in [-0.39, 0.29) is 18.4 Å². The molecule has 0 bridgehead atoms. The Morgan fingerprint density at radius 1 is 1.40 bits per heavy atom. The molecule has 6 nitrogen and oxygen atoms in total. The molecule has 0 aromatic heterocycles. The van der Waals surface area contributed by atoms with Gasteiger partial charge in [0.2, 0.25) is 5.91 Å². The zero-order chi connectivity index (χ0) is 15.3. The molecule has 2 atom stereocenters. The average Bonchev–Trinajstić information content (AvgIpc) is 2.87. The zero-order valence-electron chi connectivity index (χ0n) is 12.2. The first-order valence-corrected chi connectivity index (χ1v) is 6.74. The second-order valence-corrected chi connectivity index (χ2v) is 5.22. The fraction of sp³-hybridized carbons (Fsp3) is 0.643. The van der Waals surface area contributed by atoms with Gasteiger partial charge in [-0.15, -0.1) is 0 Å². The van der Waals surface area contributed by atoms with Crippen LogP contribution in [0.25, 0.3) is 0 Å². The number of carbonyl (C=O) groups is 3. The second kappa shape index (κ2) is 7.19. The van der Waals surface area contributed by atoms with Crippen LogP contribution in [0.2, 0.25) is 0 Å². The molecular formula is C14H22N2O4. The molecule has 1 aliphatic rings. The van der Waals surface area contributed by atoms with Crippen LogP contribution in [0.15, 0.2) is 12.7 Å². The number of nitrogens with zero attached hydrogens (tertiary/aromatic N) is 1. The van der Waals surface area contributed by atoms with Gasteiger partial charge in [0.1, 0.15) is 6.04 Å². The molecule has 1 rings (SSSR count). The Morgan fingerprint density at radius 3 is 2.55 bits per heavy atom. The van der Waals surface area contributed by atoms with Gasteiger partial charge in [-0.05, 0) is 25.5 Å². The molecule has 0 spiro atoms. The van der Waals surface area contributed by atoms with Crippen LogP contribution in [-0.4, -0.2) is 48.9 Å². The van der Waals surface area contributed by atoms with Crippen molar-refractivity contribution in [2.75, 3.05) is 20.1 Å². The molecule has 1 amide bonds. The highest BCUT2D eigenvalue weighted by Crippen LogP contribution is 2.18. The van der Waals surface area contributed by atoms with Gasteiger partial charge in [0.15, 0.2) is 0 Å². The Balaban J connectivity index is 2.54. The quantitative estimate of drug-likeness (QED) is 0.447. The number of likely N-dealkylation sites (N-methyl/N-ethyl adjacent to an activating group) is 1. The number of nitrogens with one attached hydrogen (secondary N) is 1. The van der Waals surface area contributed by atoms with Crippen LogP contribution < -0.4 is 5.32 Å². The molecule has 0 aliphatic carbocycles. The van der Waals surface area contributed by atoms with Gasteiger partial charge in [0, 0.05) is 13.1 Å². The van der Waals surface area contributed by atoms with E-state index in [1.807, 2.05) is 13.8 Å². The van der Waals surface area contributed by atoms with Gasteiger partial charge in [-0.1, -0.05) is 20.4 Å². The standard InChI is InChI=1S/C14H22N2O4/c1-5-11(17)16-7-6-10(8-16)13(18)20-14(19)12(15-4)9(2)3/h5,9-10,12,15H,1,6-8H2,2-4H3/t10-,12-/m0/s1. The summed E-state index contributed by atoms with van der Waals surface area (Å²) in [6.07, 6.45) is 1.73. The van der Waals surface area contributed by atoms with E-state index in [2.05, 4.69) is 11.9 Å². The van der Waals surface area contributed by atoms with Crippen LogP contribution in [-0.2, 0) is 19.1 Å². The molecule has 0 aromatic rings. The third kappa shape index (κ3) is 3.90. The summed E-state index contributed by atoms with van der Waals surface area (Å²) in [4.78, 5) is 36.7. The maximum absolute atomic E-state index is 11.9. The number of amides is 1. The Bertz CT molecular complexity index is 406. The first-order valence-electron chi connectivity index (χ1n) is 6.74. The highest BCUT2D eigenvalue weighted by Gasteiger charge is 2.34. The summed E-state index contributed by atoms with van der Waals surface area (Å²) in [5.41, 5.74) is 0. The predicted molar refractivity (Wildman–Crippen MR) is 73.7 cm³/mol. The highest BCUT2D eigenvalue weighted by molar-refractivity contribution is 5.91. The van der Waals surface area contributed by atoms with Gasteiger partial charge in [-0.2, -0.15) is 0 Å². The maximum Gasteiger partial charge on any atom is 0.331 e. The lowest BCUT2D eigenvalue weighted by Crippen LogP contribution is -2.41. The molecule has 0 radical (unpaired) electrons. The van der Waals surface area contributed by atoms with Gasteiger partial charge < -0.3 is 15.0 Å². The fourth-order valence-corrected chi connectivity index (χ4v) is 2.25. The number of hydrogen-bond acceptors (Lipinski definition) is 5. The van der Waals surface area contributed by atoms with E-state index in [1.54, 1.807) is 7.05 Å². The third-order valence-corrected chi connectivity index (χ3v) is 3.44. The van der Waals surface area contributed by atoms with Crippen LogP contribution >= 0.6 is 0 Å². The van der Waals surface area contributed by atoms with Gasteiger partial charge in [-0.25, -0.2) is 4.79 Å². The van der Waals surface area contributed by atoms with Gasteiger partial charge in [-0.3, -0.25) is 9.59 Å². The number of likely N-dealkylation sites (tertiary alicyclic amines) is 1. The van der Waals surface area contributed by atoms with Gasteiger partial charge in [0.05, 0.1) is 5.92 Å². The molecule has 112 valence electrons. The number of esters is 2. The Hall–Kier alpha value is -1.69. The Labute approximate surface area is 119 Å². The van der Waals surface area contributed by atoms with Crippen LogP contribution in [0.5, 0.6) is 0 Å². The van der Waals surface area contributed by atoms with E-state index in [4.69, 9.17) is 4.74 Å². The van der Waals surface area contributed by atoms with Crippen molar-refractivity contribution in [2.24, 2.45) is 11.8 Å². The Morgan fingerprint density at radius 2 is 2.05 bits per heavy atom.